The van der Waals surface area contributed by atoms with E-state index >= 15 is 0 Å². The van der Waals surface area contributed by atoms with Crippen LogP contribution in [0.25, 0.3) is 0 Å². The largest absolute Gasteiger partial charge is 0.339 e. The fraction of sp³-hybridized carbons (Fsp3) is 0.444. The lowest BCUT2D eigenvalue weighted by Crippen LogP contribution is -2.37. The minimum Gasteiger partial charge on any atom is -0.339 e. The smallest absolute Gasteiger partial charge is 0.262 e. The molecule has 0 aliphatic carbocycles. The van der Waals surface area contributed by atoms with Crippen LogP contribution in [0, 0.1) is 13.8 Å². The number of nitrogens with zero attached hydrogens (tertiary/aromatic N) is 4. The number of hydrogen-bond acceptors (Lipinski definition) is 4. The van der Waals surface area contributed by atoms with Crippen molar-refractivity contribution in [2.45, 2.75) is 25.3 Å². The number of sulfonamides is 1. The molecule has 1 aromatic carbocycles. The first-order valence-electron chi connectivity index (χ1n) is 8.63. The van der Waals surface area contributed by atoms with Crippen molar-refractivity contribution in [3.8, 4) is 0 Å². The second-order valence-corrected chi connectivity index (χ2v) is 8.69. The van der Waals surface area contributed by atoms with Crippen molar-refractivity contribution in [1.29, 1.82) is 0 Å². The van der Waals surface area contributed by atoms with Gasteiger partial charge in [0.2, 0.25) is 0 Å². The molecule has 0 unspecified atom stereocenters. The highest BCUT2D eigenvalue weighted by Crippen LogP contribution is 2.18. The number of aryl methyl sites for hydroxylation is 3. The van der Waals surface area contributed by atoms with Crippen LogP contribution in [-0.2, 0) is 17.1 Å². The zero-order valence-corrected chi connectivity index (χ0v) is 16.2. The van der Waals surface area contributed by atoms with Gasteiger partial charge in [-0.15, -0.1) is 0 Å². The van der Waals surface area contributed by atoms with E-state index in [4.69, 9.17) is 0 Å². The molecule has 1 amide bonds. The number of benzene rings is 1. The molecule has 2 heterocycles. The molecule has 0 bridgehead atoms. The van der Waals surface area contributed by atoms with E-state index < -0.39 is 10.0 Å². The maximum Gasteiger partial charge on any atom is 0.262 e. The molecule has 1 fully saturated rings. The average molecular weight is 376 g/mol. The summed E-state index contributed by atoms with van der Waals surface area (Å²) in [4.78, 5) is 18.5. The Hall–Kier alpha value is -2.19. The summed E-state index contributed by atoms with van der Waals surface area (Å²) in [5, 5.41) is 0.0501. The van der Waals surface area contributed by atoms with Crippen molar-refractivity contribution in [2.75, 3.05) is 26.2 Å². The van der Waals surface area contributed by atoms with Crippen molar-refractivity contribution < 1.29 is 13.2 Å². The van der Waals surface area contributed by atoms with E-state index in [1.165, 1.54) is 16.8 Å². The summed E-state index contributed by atoms with van der Waals surface area (Å²) in [5.41, 5.74) is 2.74. The Labute approximate surface area is 154 Å². The van der Waals surface area contributed by atoms with Gasteiger partial charge < -0.3 is 9.47 Å². The maximum absolute atomic E-state index is 12.8. The molecule has 3 rings (SSSR count). The molecule has 2 aromatic rings. The summed E-state index contributed by atoms with van der Waals surface area (Å²) >= 11 is 0. The molecule has 0 atom stereocenters. The highest BCUT2D eigenvalue weighted by molar-refractivity contribution is 7.89. The first-order chi connectivity index (χ1) is 12.3. The standard InChI is InChI=1S/C18H24N4O3S/c1-14-9-15(2)11-16(10-14)18(23)21-5-4-6-22(8-7-21)26(24,25)17-12-20(3)13-19-17/h9-13H,4-8H2,1-3H3. The van der Waals surface area contributed by atoms with E-state index in [2.05, 4.69) is 4.98 Å². The van der Waals surface area contributed by atoms with Gasteiger partial charge in [-0.05, 0) is 32.4 Å². The fourth-order valence-electron chi connectivity index (χ4n) is 3.27. The van der Waals surface area contributed by atoms with Crippen molar-refractivity contribution in [2.24, 2.45) is 7.05 Å². The van der Waals surface area contributed by atoms with Crippen LogP contribution < -0.4 is 0 Å². The molecule has 0 spiro atoms. The van der Waals surface area contributed by atoms with Crippen molar-refractivity contribution in [3.63, 3.8) is 0 Å². The molecule has 1 aromatic heterocycles. The van der Waals surface area contributed by atoms with Crippen molar-refractivity contribution >= 4 is 15.9 Å². The average Bonchev–Trinajstić information content (AvgIpc) is 2.87. The Morgan fingerprint density at radius 2 is 1.73 bits per heavy atom. The second-order valence-electron chi connectivity index (χ2n) is 6.80. The van der Waals surface area contributed by atoms with E-state index in [1.54, 1.807) is 16.5 Å². The van der Waals surface area contributed by atoms with Crippen LogP contribution >= 0.6 is 0 Å². The summed E-state index contributed by atoms with van der Waals surface area (Å²) in [5.74, 6) is -0.0473. The lowest BCUT2D eigenvalue weighted by atomic mass is 10.1. The number of imidazole rings is 1. The van der Waals surface area contributed by atoms with Gasteiger partial charge in [-0.1, -0.05) is 17.2 Å². The lowest BCUT2D eigenvalue weighted by Gasteiger charge is -2.22. The molecule has 140 valence electrons. The van der Waals surface area contributed by atoms with Gasteiger partial charge in [0.15, 0.2) is 5.03 Å². The number of rotatable bonds is 3. The molecule has 8 heteroatoms. The second kappa shape index (κ2) is 7.20. The van der Waals surface area contributed by atoms with Crippen LogP contribution in [0.3, 0.4) is 0 Å². The van der Waals surface area contributed by atoms with Crippen LogP contribution in [-0.4, -0.2) is 59.3 Å². The van der Waals surface area contributed by atoms with E-state index in [9.17, 15) is 13.2 Å². The summed E-state index contributed by atoms with van der Waals surface area (Å²) in [7, 11) is -1.89. The molecule has 1 aliphatic rings. The molecular formula is C18H24N4O3S. The zero-order valence-electron chi connectivity index (χ0n) is 15.3. The summed E-state index contributed by atoms with van der Waals surface area (Å²) in [6.07, 6.45) is 3.57. The molecule has 7 nitrogen and oxygen atoms in total. The van der Waals surface area contributed by atoms with Crippen molar-refractivity contribution in [3.05, 3.63) is 47.4 Å². The Morgan fingerprint density at radius 3 is 2.35 bits per heavy atom. The van der Waals surface area contributed by atoms with Crippen LogP contribution in [0.4, 0.5) is 0 Å². The minimum atomic E-state index is -3.63. The normalized spacial score (nSPS) is 16.5. The van der Waals surface area contributed by atoms with Crippen molar-refractivity contribution in [1.82, 2.24) is 18.8 Å². The van der Waals surface area contributed by atoms with Crippen LogP contribution in [0.5, 0.6) is 0 Å². The Balaban J connectivity index is 1.75. The van der Waals surface area contributed by atoms with Gasteiger partial charge in [-0.25, -0.2) is 13.4 Å². The monoisotopic (exact) mass is 376 g/mol. The predicted octanol–water partition coefficient (Wildman–Crippen LogP) is 1.57. The molecule has 0 N–H and O–H groups in total. The third-order valence-electron chi connectivity index (χ3n) is 4.50. The van der Waals surface area contributed by atoms with Gasteiger partial charge in [0.1, 0.15) is 0 Å². The van der Waals surface area contributed by atoms with Gasteiger partial charge in [-0.3, -0.25) is 4.79 Å². The highest BCUT2D eigenvalue weighted by atomic mass is 32.2. The van der Waals surface area contributed by atoms with Gasteiger partial charge >= 0.3 is 0 Å². The van der Waals surface area contributed by atoms with Crippen LogP contribution in [0.1, 0.15) is 27.9 Å². The van der Waals surface area contributed by atoms with Gasteiger partial charge in [0, 0.05) is 45.0 Å². The van der Waals surface area contributed by atoms with Gasteiger partial charge in [-0.2, -0.15) is 4.31 Å². The fourth-order valence-corrected chi connectivity index (χ4v) is 4.71. The maximum atomic E-state index is 12.8. The third kappa shape index (κ3) is 3.81. The Kier molecular flexibility index (Phi) is 5.15. The molecular weight excluding hydrogens is 352 g/mol. The lowest BCUT2D eigenvalue weighted by molar-refractivity contribution is 0.0764. The van der Waals surface area contributed by atoms with E-state index in [0.29, 0.717) is 31.6 Å². The van der Waals surface area contributed by atoms with E-state index in [1.807, 2.05) is 32.0 Å². The minimum absolute atomic E-state index is 0.0473. The summed E-state index contributed by atoms with van der Waals surface area (Å²) < 4.78 is 28.5. The number of aromatic nitrogens is 2. The predicted molar refractivity (Wildman–Crippen MR) is 98.4 cm³/mol. The van der Waals surface area contributed by atoms with Crippen LogP contribution in [0.15, 0.2) is 35.7 Å². The number of carbonyl (C=O) groups excluding carboxylic acids is 1. The first kappa shape index (κ1) is 18.6. The third-order valence-corrected chi connectivity index (χ3v) is 6.28. The molecule has 0 radical (unpaired) electrons. The molecule has 0 saturated carbocycles. The Morgan fingerprint density at radius 1 is 1.04 bits per heavy atom. The number of amides is 1. The molecule has 1 aliphatic heterocycles. The number of hydrogen-bond donors (Lipinski definition) is 0. The molecule has 26 heavy (non-hydrogen) atoms. The van der Waals surface area contributed by atoms with Crippen LogP contribution in [0.2, 0.25) is 0 Å². The molecule has 1 saturated heterocycles. The summed E-state index contributed by atoms with van der Waals surface area (Å²) in [6.45, 7) is 5.50. The van der Waals surface area contributed by atoms with Gasteiger partial charge in [0.05, 0.1) is 6.33 Å². The topological polar surface area (TPSA) is 75.5 Å². The number of carbonyl (C=O) groups is 1. The first-order valence-corrected chi connectivity index (χ1v) is 10.1. The summed E-state index contributed by atoms with van der Waals surface area (Å²) in [6, 6.07) is 5.78. The highest BCUT2D eigenvalue weighted by Gasteiger charge is 2.30. The zero-order chi connectivity index (χ0) is 18.9. The van der Waals surface area contributed by atoms with E-state index in [0.717, 1.165) is 11.1 Å². The quantitative estimate of drug-likeness (QED) is 0.815. The Bertz CT molecular complexity index is 900. The van der Waals surface area contributed by atoms with E-state index in [-0.39, 0.29) is 17.5 Å². The SMILES string of the molecule is Cc1cc(C)cc(C(=O)N2CCCN(S(=O)(=O)c3cn(C)cn3)CC2)c1. The van der Waals surface area contributed by atoms with Gasteiger partial charge in [0.25, 0.3) is 15.9 Å².